The van der Waals surface area contributed by atoms with Crippen LogP contribution in [-0.2, 0) is 32.3 Å². The first kappa shape index (κ1) is 19.5. The highest BCUT2D eigenvalue weighted by atomic mass is 32.2. The Morgan fingerprint density at radius 1 is 0.960 bits per heavy atom. The summed E-state index contributed by atoms with van der Waals surface area (Å²) >= 11 is 0. The molecule has 0 aliphatic rings. The minimum Gasteiger partial charge on any atom is -0.218 e. The van der Waals surface area contributed by atoms with Gasteiger partial charge in [0.1, 0.15) is 10.7 Å². The van der Waals surface area contributed by atoms with Gasteiger partial charge in [-0.25, -0.2) is 30.7 Å². The molecule has 9 heteroatoms. The molecule has 0 heterocycles. The molecule has 0 aromatic heterocycles. The Bertz CT molecular complexity index is 956. The van der Waals surface area contributed by atoms with E-state index in [1.165, 1.54) is 19.2 Å². The number of rotatable bonds is 7. The molecule has 2 aromatic carbocycles. The lowest BCUT2D eigenvalue weighted by Crippen LogP contribution is -2.24. The van der Waals surface area contributed by atoms with E-state index in [0.29, 0.717) is 16.7 Å². The molecular weight excluding hydrogens is 367 g/mol. The summed E-state index contributed by atoms with van der Waals surface area (Å²) in [6.45, 7) is 1.64. The normalized spacial score (nSPS) is 12.3. The standard InChI is InChI=1S/C16H19FN2O4S2/c1-12-3-8-15(17)16(9-12)25(22,23)19-10-13-4-6-14(7-5-13)11-24(20,21)18-2/h3-9,18-19H,10-11H2,1-2H3. The molecule has 0 aliphatic carbocycles. The number of hydrogen-bond acceptors (Lipinski definition) is 4. The second-order valence-corrected chi connectivity index (χ2v) is 9.20. The van der Waals surface area contributed by atoms with Crippen LogP contribution in [0.4, 0.5) is 4.39 Å². The van der Waals surface area contributed by atoms with Crippen LogP contribution >= 0.6 is 0 Å². The molecule has 0 amide bonds. The zero-order chi connectivity index (χ0) is 18.7. The lowest BCUT2D eigenvalue weighted by Gasteiger charge is -2.09. The summed E-state index contributed by atoms with van der Waals surface area (Å²) in [6, 6.07) is 10.3. The van der Waals surface area contributed by atoms with Gasteiger partial charge >= 0.3 is 0 Å². The van der Waals surface area contributed by atoms with Crippen LogP contribution in [-0.4, -0.2) is 23.9 Å². The summed E-state index contributed by atoms with van der Waals surface area (Å²) in [5, 5.41) is 0. The summed E-state index contributed by atoms with van der Waals surface area (Å²) in [7, 11) is -6.02. The number of aryl methyl sites for hydroxylation is 1. The van der Waals surface area contributed by atoms with Crippen LogP contribution in [0.5, 0.6) is 0 Å². The van der Waals surface area contributed by atoms with Crippen molar-refractivity contribution in [2.75, 3.05) is 7.05 Å². The van der Waals surface area contributed by atoms with Gasteiger partial charge < -0.3 is 0 Å². The largest absolute Gasteiger partial charge is 0.243 e. The van der Waals surface area contributed by atoms with Crippen molar-refractivity contribution in [3.63, 3.8) is 0 Å². The number of nitrogens with one attached hydrogen (secondary N) is 2. The Morgan fingerprint density at radius 2 is 1.56 bits per heavy atom. The second kappa shape index (κ2) is 7.61. The van der Waals surface area contributed by atoms with Gasteiger partial charge in [-0.1, -0.05) is 30.3 Å². The topological polar surface area (TPSA) is 92.3 Å². The summed E-state index contributed by atoms with van der Waals surface area (Å²) in [5.74, 6) is -0.977. The Kier molecular flexibility index (Phi) is 5.94. The van der Waals surface area contributed by atoms with Crippen LogP contribution in [0.15, 0.2) is 47.4 Å². The van der Waals surface area contributed by atoms with Crippen LogP contribution < -0.4 is 9.44 Å². The fourth-order valence-corrected chi connectivity index (χ4v) is 4.07. The molecule has 2 N–H and O–H groups in total. The van der Waals surface area contributed by atoms with Gasteiger partial charge in [0.15, 0.2) is 0 Å². The smallest absolute Gasteiger partial charge is 0.218 e. The van der Waals surface area contributed by atoms with Gasteiger partial charge in [-0.15, -0.1) is 0 Å². The fraction of sp³-hybridized carbons (Fsp3) is 0.250. The Balaban J connectivity index is 2.09. The minimum absolute atomic E-state index is 0.0330. The van der Waals surface area contributed by atoms with Gasteiger partial charge in [0, 0.05) is 6.54 Å². The molecule has 0 atom stereocenters. The van der Waals surface area contributed by atoms with E-state index < -0.39 is 30.8 Å². The maximum Gasteiger partial charge on any atom is 0.243 e. The van der Waals surface area contributed by atoms with Crippen LogP contribution in [0.1, 0.15) is 16.7 Å². The summed E-state index contributed by atoms with van der Waals surface area (Å²) < 4.78 is 65.8. The van der Waals surface area contributed by atoms with Gasteiger partial charge in [-0.3, -0.25) is 0 Å². The van der Waals surface area contributed by atoms with Crippen molar-refractivity contribution >= 4 is 20.0 Å². The maximum atomic E-state index is 13.8. The molecule has 0 spiro atoms. The van der Waals surface area contributed by atoms with Gasteiger partial charge in [0.25, 0.3) is 0 Å². The maximum absolute atomic E-state index is 13.8. The minimum atomic E-state index is -3.99. The average Bonchev–Trinajstić information content (AvgIpc) is 2.56. The van der Waals surface area contributed by atoms with Crippen molar-refractivity contribution in [1.29, 1.82) is 0 Å². The molecular formula is C16H19FN2O4S2. The van der Waals surface area contributed by atoms with E-state index in [0.717, 1.165) is 6.07 Å². The lowest BCUT2D eigenvalue weighted by molar-refractivity contribution is 0.556. The zero-order valence-corrected chi connectivity index (χ0v) is 15.4. The van der Waals surface area contributed by atoms with Crippen molar-refractivity contribution < 1.29 is 21.2 Å². The number of benzene rings is 2. The zero-order valence-electron chi connectivity index (χ0n) is 13.8. The summed E-state index contributed by atoms with van der Waals surface area (Å²) in [4.78, 5) is -0.399. The molecule has 0 fully saturated rings. The summed E-state index contributed by atoms with van der Waals surface area (Å²) in [5.41, 5.74) is 1.84. The third kappa shape index (κ3) is 5.33. The third-order valence-corrected chi connectivity index (χ3v) is 6.28. The van der Waals surface area contributed by atoms with E-state index in [-0.39, 0.29) is 12.3 Å². The molecule has 6 nitrogen and oxygen atoms in total. The predicted molar refractivity (Wildman–Crippen MR) is 93.3 cm³/mol. The van der Waals surface area contributed by atoms with Crippen molar-refractivity contribution in [3.8, 4) is 0 Å². The molecule has 0 aliphatic heterocycles. The third-order valence-electron chi connectivity index (χ3n) is 3.53. The highest BCUT2D eigenvalue weighted by molar-refractivity contribution is 7.89. The van der Waals surface area contributed by atoms with E-state index in [1.54, 1.807) is 31.2 Å². The first-order valence-corrected chi connectivity index (χ1v) is 10.5. The predicted octanol–water partition coefficient (Wildman–Crippen LogP) is 1.66. The van der Waals surface area contributed by atoms with Crippen molar-refractivity contribution in [2.24, 2.45) is 0 Å². The Labute approximate surface area is 147 Å². The number of sulfonamides is 2. The summed E-state index contributed by atoms with van der Waals surface area (Å²) in [6.07, 6.45) is 0. The SMILES string of the molecule is CNS(=O)(=O)Cc1ccc(CNS(=O)(=O)c2cc(C)ccc2F)cc1. The molecule has 0 unspecified atom stereocenters. The average molecular weight is 386 g/mol. The molecule has 2 aromatic rings. The van der Waals surface area contributed by atoms with Crippen molar-refractivity contribution in [2.45, 2.75) is 24.1 Å². The van der Waals surface area contributed by atoms with E-state index in [9.17, 15) is 21.2 Å². The van der Waals surface area contributed by atoms with Crippen LogP contribution in [0.25, 0.3) is 0 Å². The van der Waals surface area contributed by atoms with Gasteiger partial charge in [-0.05, 0) is 42.8 Å². The van der Waals surface area contributed by atoms with Gasteiger partial charge in [0.2, 0.25) is 20.0 Å². The second-order valence-electron chi connectivity index (χ2n) is 5.54. The highest BCUT2D eigenvalue weighted by Crippen LogP contribution is 2.16. The van der Waals surface area contributed by atoms with E-state index in [1.807, 2.05) is 0 Å². The van der Waals surface area contributed by atoms with Crippen molar-refractivity contribution in [3.05, 3.63) is 65.0 Å². The highest BCUT2D eigenvalue weighted by Gasteiger charge is 2.19. The number of hydrogen-bond donors (Lipinski definition) is 2. The van der Waals surface area contributed by atoms with E-state index >= 15 is 0 Å². The fourth-order valence-electron chi connectivity index (χ4n) is 2.12. The first-order chi connectivity index (χ1) is 11.6. The Hall–Kier alpha value is -1.81. The molecule has 136 valence electrons. The van der Waals surface area contributed by atoms with E-state index in [4.69, 9.17) is 0 Å². The number of halogens is 1. The monoisotopic (exact) mass is 386 g/mol. The molecule has 0 saturated carbocycles. The van der Waals surface area contributed by atoms with Gasteiger partial charge in [-0.2, -0.15) is 0 Å². The first-order valence-electron chi connectivity index (χ1n) is 7.38. The van der Waals surface area contributed by atoms with Crippen LogP contribution in [0, 0.1) is 12.7 Å². The van der Waals surface area contributed by atoms with Crippen molar-refractivity contribution in [1.82, 2.24) is 9.44 Å². The molecule has 0 radical (unpaired) electrons. The van der Waals surface area contributed by atoms with Crippen LogP contribution in [0.2, 0.25) is 0 Å². The molecule has 25 heavy (non-hydrogen) atoms. The van der Waals surface area contributed by atoms with E-state index in [2.05, 4.69) is 9.44 Å². The Morgan fingerprint density at radius 3 is 2.16 bits per heavy atom. The van der Waals surface area contributed by atoms with Crippen LogP contribution in [0.3, 0.4) is 0 Å². The molecule has 0 saturated heterocycles. The molecule has 0 bridgehead atoms. The lowest BCUT2D eigenvalue weighted by atomic mass is 10.1. The van der Waals surface area contributed by atoms with Gasteiger partial charge in [0.05, 0.1) is 5.75 Å². The molecule has 2 rings (SSSR count). The quantitative estimate of drug-likeness (QED) is 0.757.